The van der Waals surface area contributed by atoms with Crippen molar-refractivity contribution in [2.45, 2.75) is 18.9 Å². The number of hydrogen-bond acceptors (Lipinski definition) is 3. The van der Waals surface area contributed by atoms with Crippen LogP contribution in [0.15, 0.2) is 97.5 Å². The Balaban J connectivity index is 1.54. The van der Waals surface area contributed by atoms with Gasteiger partial charge in [-0.1, -0.05) is 60.7 Å². The molecule has 0 bridgehead atoms. The van der Waals surface area contributed by atoms with Gasteiger partial charge in [-0.25, -0.2) is 4.98 Å². The molecule has 4 nitrogen and oxygen atoms in total. The number of benzene rings is 4. The molecule has 0 N–H and O–H groups in total. The van der Waals surface area contributed by atoms with Gasteiger partial charge in [0.05, 0.1) is 42.0 Å². The van der Waals surface area contributed by atoms with Crippen molar-refractivity contribution in [2.24, 2.45) is 7.05 Å². The Morgan fingerprint density at radius 1 is 0.946 bits per heavy atom. The van der Waals surface area contributed by atoms with E-state index in [1.807, 2.05) is 66.2 Å². The number of aryl methyl sites for hydroxylation is 1. The molecule has 0 aliphatic rings. The summed E-state index contributed by atoms with van der Waals surface area (Å²) in [6, 6.07) is 26.8. The van der Waals surface area contributed by atoms with Crippen molar-refractivity contribution in [1.29, 1.82) is 5.26 Å². The van der Waals surface area contributed by atoms with Crippen LogP contribution in [-0.4, -0.2) is 9.55 Å². The van der Waals surface area contributed by atoms with E-state index >= 15 is 0 Å². The first-order chi connectivity index (χ1) is 17.8. The van der Waals surface area contributed by atoms with Crippen molar-refractivity contribution in [3.63, 3.8) is 0 Å². The van der Waals surface area contributed by atoms with Crippen LogP contribution in [0.25, 0.3) is 21.9 Å². The van der Waals surface area contributed by atoms with Crippen molar-refractivity contribution in [3.8, 4) is 17.2 Å². The third kappa shape index (κ3) is 4.97. The van der Waals surface area contributed by atoms with Crippen molar-refractivity contribution < 1.29 is 17.9 Å². The summed E-state index contributed by atoms with van der Waals surface area (Å²) in [5.41, 5.74) is 3.74. The lowest BCUT2D eigenvalue weighted by atomic mass is 9.92. The van der Waals surface area contributed by atoms with Crippen LogP contribution in [-0.2, 0) is 24.6 Å². The second-order valence-corrected chi connectivity index (χ2v) is 8.76. The van der Waals surface area contributed by atoms with E-state index in [9.17, 15) is 18.4 Å². The number of aromatic nitrogens is 2. The van der Waals surface area contributed by atoms with E-state index in [1.165, 1.54) is 12.1 Å². The van der Waals surface area contributed by atoms with Crippen LogP contribution in [0.2, 0.25) is 0 Å². The number of fused-ring (bicyclic) bond motifs is 1. The largest absolute Gasteiger partial charge is 0.416 e. The summed E-state index contributed by atoms with van der Waals surface area (Å²) < 4.78 is 47.0. The van der Waals surface area contributed by atoms with Gasteiger partial charge >= 0.3 is 6.18 Å². The van der Waals surface area contributed by atoms with E-state index in [0.717, 1.165) is 45.3 Å². The maximum atomic E-state index is 13.0. The van der Waals surface area contributed by atoms with E-state index in [0.29, 0.717) is 11.1 Å². The number of rotatable bonds is 6. The van der Waals surface area contributed by atoms with E-state index in [-0.39, 0.29) is 6.61 Å². The minimum absolute atomic E-state index is 0.0948. The Hall–Kier alpha value is -4.41. The predicted octanol–water partition coefficient (Wildman–Crippen LogP) is 7.44. The Morgan fingerprint density at radius 2 is 1.70 bits per heavy atom. The van der Waals surface area contributed by atoms with Crippen LogP contribution in [0.4, 0.5) is 13.2 Å². The first kappa shape index (κ1) is 24.3. The topological polar surface area (TPSA) is 50.8 Å². The molecule has 5 aromatic rings. The summed E-state index contributed by atoms with van der Waals surface area (Å²) in [6.07, 6.45) is -1.58. The maximum absolute atomic E-state index is 13.0. The molecule has 0 spiro atoms. The van der Waals surface area contributed by atoms with Gasteiger partial charge in [0.2, 0.25) is 0 Å². The molecule has 1 heterocycles. The minimum Gasteiger partial charge on any atom is -0.363 e. The smallest absolute Gasteiger partial charge is 0.363 e. The van der Waals surface area contributed by atoms with Gasteiger partial charge in [-0.15, -0.1) is 0 Å². The predicted molar refractivity (Wildman–Crippen MR) is 135 cm³/mol. The van der Waals surface area contributed by atoms with E-state index in [4.69, 9.17) is 4.74 Å². The Labute approximate surface area is 212 Å². The standard InChI is InChI=1S/C30H22F3N3O/c1-36-19-35-17-28(36)29(37-18-20-9-13-24(14-10-20)30(31,32)33)22-11-12-23(16-34)27(15-22)26-8-4-6-21-5-2-3-7-25(21)26/h2-15,17,19,29H,18H2,1H3. The van der Waals surface area contributed by atoms with Crippen molar-refractivity contribution in [2.75, 3.05) is 0 Å². The summed E-state index contributed by atoms with van der Waals surface area (Å²) in [6.45, 7) is 0.0948. The number of alkyl halides is 3. The van der Waals surface area contributed by atoms with Gasteiger partial charge in [0.1, 0.15) is 6.10 Å². The highest BCUT2D eigenvalue weighted by molar-refractivity contribution is 5.97. The van der Waals surface area contributed by atoms with Gasteiger partial charge < -0.3 is 9.30 Å². The summed E-state index contributed by atoms with van der Waals surface area (Å²) >= 11 is 0. The number of nitriles is 1. The highest BCUT2D eigenvalue weighted by Gasteiger charge is 2.30. The van der Waals surface area contributed by atoms with Crippen LogP contribution in [0.3, 0.4) is 0 Å². The first-order valence-electron chi connectivity index (χ1n) is 11.6. The van der Waals surface area contributed by atoms with Crippen LogP contribution in [0, 0.1) is 11.3 Å². The van der Waals surface area contributed by atoms with Gasteiger partial charge in [-0.05, 0) is 51.7 Å². The van der Waals surface area contributed by atoms with E-state index in [2.05, 4.69) is 11.1 Å². The lowest BCUT2D eigenvalue weighted by Crippen LogP contribution is -2.11. The van der Waals surface area contributed by atoms with Gasteiger partial charge in [0.15, 0.2) is 0 Å². The van der Waals surface area contributed by atoms with Crippen LogP contribution < -0.4 is 0 Å². The molecule has 7 heteroatoms. The minimum atomic E-state index is -4.39. The quantitative estimate of drug-likeness (QED) is 0.245. The molecule has 0 saturated carbocycles. The fourth-order valence-electron chi connectivity index (χ4n) is 4.45. The van der Waals surface area contributed by atoms with Crippen LogP contribution >= 0.6 is 0 Å². The summed E-state index contributed by atoms with van der Waals surface area (Å²) in [5.74, 6) is 0. The third-order valence-electron chi connectivity index (χ3n) is 6.37. The number of halogens is 3. The Kier molecular flexibility index (Phi) is 6.51. The highest BCUT2D eigenvalue weighted by Crippen LogP contribution is 2.36. The Morgan fingerprint density at radius 3 is 2.41 bits per heavy atom. The average Bonchev–Trinajstić information content (AvgIpc) is 3.33. The van der Waals surface area contributed by atoms with E-state index < -0.39 is 17.8 Å². The summed E-state index contributed by atoms with van der Waals surface area (Å²) in [4.78, 5) is 4.22. The number of imidazole rings is 1. The van der Waals surface area contributed by atoms with Gasteiger partial charge in [-0.2, -0.15) is 18.4 Å². The number of ether oxygens (including phenoxy) is 1. The first-order valence-corrected chi connectivity index (χ1v) is 11.6. The number of nitrogens with zero attached hydrogens (tertiary/aromatic N) is 3. The lowest BCUT2D eigenvalue weighted by Gasteiger charge is -2.21. The molecule has 5 rings (SSSR count). The highest BCUT2D eigenvalue weighted by atomic mass is 19.4. The zero-order valence-electron chi connectivity index (χ0n) is 19.9. The second kappa shape index (κ2) is 9.92. The summed E-state index contributed by atoms with van der Waals surface area (Å²) in [7, 11) is 1.85. The molecule has 0 saturated heterocycles. The van der Waals surface area contributed by atoms with Gasteiger partial charge in [-0.3, -0.25) is 0 Å². The normalized spacial score (nSPS) is 12.4. The van der Waals surface area contributed by atoms with E-state index in [1.54, 1.807) is 18.6 Å². The molecule has 1 unspecified atom stereocenters. The zero-order valence-corrected chi connectivity index (χ0v) is 19.9. The Bertz CT molecular complexity index is 1590. The molecular weight excluding hydrogens is 475 g/mol. The summed E-state index contributed by atoms with van der Waals surface area (Å²) in [5, 5.41) is 12.0. The molecule has 1 aromatic heterocycles. The number of hydrogen-bond donors (Lipinski definition) is 0. The average molecular weight is 498 g/mol. The maximum Gasteiger partial charge on any atom is 0.416 e. The molecule has 0 fully saturated rings. The fourth-order valence-corrected chi connectivity index (χ4v) is 4.45. The SMILES string of the molecule is Cn1cncc1C(OCc1ccc(C(F)(F)F)cc1)c1ccc(C#N)c(-c2cccc3ccccc23)c1. The molecule has 37 heavy (non-hydrogen) atoms. The van der Waals surface area contributed by atoms with Gasteiger partial charge in [0.25, 0.3) is 0 Å². The molecule has 0 aliphatic carbocycles. The van der Waals surface area contributed by atoms with Crippen LogP contribution in [0.5, 0.6) is 0 Å². The van der Waals surface area contributed by atoms with Crippen molar-refractivity contribution >= 4 is 10.8 Å². The zero-order chi connectivity index (χ0) is 26.0. The molecule has 0 radical (unpaired) electrons. The fraction of sp³-hybridized carbons (Fsp3) is 0.133. The third-order valence-corrected chi connectivity index (χ3v) is 6.37. The van der Waals surface area contributed by atoms with Gasteiger partial charge in [0, 0.05) is 12.6 Å². The molecule has 184 valence electrons. The molecular formula is C30H22F3N3O. The van der Waals surface area contributed by atoms with Crippen molar-refractivity contribution in [3.05, 3.63) is 125 Å². The molecule has 0 amide bonds. The molecule has 0 aliphatic heterocycles. The molecule has 1 atom stereocenters. The lowest BCUT2D eigenvalue weighted by molar-refractivity contribution is -0.137. The molecule has 4 aromatic carbocycles. The van der Waals surface area contributed by atoms with Crippen molar-refractivity contribution in [1.82, 2.24) is 9.55 Å². The second-order valence-electron chi connectivity index (χ2n) is 8.76. The van der Waals surface area contributed by atoms with Crippen LogP contribution in [0.1, 0.15) is 34.1 Å². The monoisotopic (exact) mass is 497 g/mol.